The lowest BCUT2D eigenvalue weighted by Crippen LogP contribution is -2.40. The van der Waals surface area contributed by atoms with E-state index in [1.165, 1.54) is 12.1 Å². The molecule has 1 aliphatic heterocycles. The molecule has 0 atom stereocenters. The molecule has 0 radical (unpaired) electrons. The van der Waals surface area contributed by atoms with E-state index in [9.17, 15) is 14.0 Å². The summed E-state index contributed by atoms with van der Waals surface area (Å²) < 4.78 is 13.0. The maximum absolute atomic E-state index is 13.0. The Morgan fingerprint density at radius 3 is 2.58 bits per heavy atom. The monoisotopic (exact) mass is 265 g/mol. The molecule has 4 nitrogen and oxygen atoms in total. The summed E-state index contributed by atoms with van der Waals surface area (Å²) in [6, 6.07) is 5.98. The summed E-state index contributed by atoms with van der Waals surface area (Å²) in [4.78, 5) is 24.5. The number of aliphatic carboxylic acids is 1. The van der Waals surface area contributed by atoms with Crippen LogP contribution >= 0.6 is 0 Å². The number of likely N-dealkylation sites (tertiary alicyclic amines) is 1. The van der Waals surface area contributed by atoms with Gasteiger partial charge in [-0.15, -0.1) is 0 Å². The van der Waals surface area contributed by atoms with E-state index in [0.717, 1.165) is 0 Å². The molecule has 1 saturated heterocycles. The smallest absolute Gasteiger partial charge is 0.306 e. The predicted octanol–water partition coefficient (Wildman–Crippen LogP) is 1.69. The fourth-order valence-electron chi connectivity index (χ4n) is 2.31. The molecule has 0 unspecified atom stereocenters. The standard InChI is InChI=1S/C14H16FNO3/c15-12-3-1-2-10(8-12)9-13(17)16-6-4-11(5-7-16)14(18)19/h1-3,8,11H,4-7,9H2,(H,18,19). The highest BCUT2D eigenvalue weighted by Gasteiger charge is 2.26. The van der Waals surface area contributed by atoms with Gasteiger partial charge in [0.15, 0.2) is 0 Å². The molecule has 2 rings (SSSR count). The van der Waals surface area contributed by atoms with Crippen molar-refractivity contribution in [3.63, 3.8) is 0 Å². The van der Waals surface area contributed by atoms with Crippen LogP contribution in [0.2, 0.25) is 0 Å². The summed E-state index contributed by atoms with van der Waals surface area (Å²) >= 11 is 0. The van der Waals surface area contributed by atoms with Gasteiger partial charge in [-0.3, -0.25) is 9.59 Å². The summed E-state index contributed by atoms with van der Waals surface area (Å²) in [5.74, 6) is -1.57. The van der Waals surface area contributed by atoms with Gasteiger partial charge in [-0.1, -0.05) is 12.1 Å². The number of hydrogen-bond acceptors (Lipinski definition) is 2. The minimum atomic E-state index is -0.794. The van der Waals surface area contributed by atoms with E-state index in [1.54, 1.807) is 17.0 Å². The number of nitrogens with zero attached hydrogens (tertiary/aromatic N) is 1. The third-order valence-electron chi connectivity index (χ3n) is 3.44. The van der Waals surface area contributed by atoms with Crippen LogP contribution < -0.4 is 0 Å². The molecule has 1 N–H and O–H groups in total. The molecule has 1 aliphatic rings. The van der Waals surface area contributed by atoms with Gasteiger partial charge in [-0.25, -0.2) is 4.39 Å². The second-order valence-corrected chi connectivity index (χ2v) is 4.80. The molecule has 0 spiro atoms. The van der Waals surface area contributed by atoms with Crippen molar-refractivity contribution in [3.05, 3.63) is 35.6 Å². The maximum Gasteiger partial charge on any atom is 0.306 e. The number of rotatable bonds is 3. The van der Waals surface area contributed by atoms with Gasteiger partial charge in [0.1, 0.15) is 5.82 Å². The van der Waals surface area contributed by atoms with Crippen molar-refractivity contribution >= 4 is 11.9 Å². The quantitative estimate of drug-likeness (QED) is 0.904. The van der Waals surface area contributed by atoms with Crippen LogP contribution in [0.1, 0.15) is 18.4 Å². The van der Waals surface area contributed by atoms with Crippen molar-refractivity contribution in [2.75, 3.05) is 13.1 Å². The summed E-state index contributed by atoms with van der Waals surface area (Å²) in [7, 11) is 0. The number of hydrogen-bond donors (Lipinski definition) is 1. The Kier molecular flexibility index (Phi) is 4.14. The fraction of sp³-hybridized carbons (Fsp3) is 0.429. The Hall–Kier alpha value is -1.91. The molecular formula is C14H16FNO3. The Morgan fingerprint density at radius 1 is 1.32 bits per heavy atom. The molecular weight excluding hydrogens is 249 g/mol. The van der Waals surface area contributed by atoms with Gasteiger partial charge in [0.05, 0.1) is 12.3 Å². The molecule has 102 valence electrons. The van der Waals surface area contributed by atoms with Crippen molar-refractivity contribution < 1.29 is 19.1 Å². The van der Waals surface area contributed by atoms with Gasteiger partial charge in [-0.05, 0) is 30.5 Å². The van der Waals surface area contributed by atoms with Crippen LogP contribution in [0, 0.1) is 11.7 Å². The number of carbonyl (C=O) groups excluding carboxylic acids is 1. The molecule has 1 fully saturated rings. The number of halogens is 1. The van der Waals surface area contributed by atoms with E-state index < -0.39 is 5.97 Å². The van der Waals surface area contributed by atoms with E-state index in [-0.39, 0.29) is 24.1 Å². The second kappa shape index (κ2) is 5.82. The minimum absolute atomic E-state index is 0.0746. The zero-order valence-electron chi connectivity index (χ0n) is 10.5. The van der Waals surface area contributed by atoms with Gasteiger partial charge in [0.2, 0.25) is 5.91 Å². The Bertz CT molecular complexity index is 481. The zero-order chi connectivity index (χ0) is 13.8. The first-order chi connectivity index (χ1) is 9.06. The van der Waals surface area contributed by atoms with Gasteiger partial charge < -0.3 is 10.0 Å². The lowest BCUT2D eigenvalue weighted by Gasteiger charge is -2.30. The molecule has 1 heterocycles. The molecule has 1 aromatic rings. The van der Waals surface area contributed by atoms with Crippen molar-refractivity contribution in [2.24, 2.45) is 5.92 Å². The molecule has 5 heteroatoms. The van der Waals surface area contributed by atoms with E-state index in [1.807, 2.05) is 0 Å². The van der Waals surface area contributed by atoms with Crippen LogP contribution in [-0.4, -0.2) is 35.0 Å². The third kappa shape index (κ3) is 3.53. The molecule has 0 aliphatic carbocycles. The third-order valence-corrected chi connectivity index (χ3v) is 3.44. The highest BCUT2D eigenvalue weighted by atomic mass is 19.1. The van der Waals surface area contributed by atoms with Crippen molar-refractivity contribution in [1.29, 1.82) is 0 Å². The van der Waals surface area contributed by atoms with Crippen LogP contribution in [0.3, 0.4) is 0 Å². The highest BCUT2D eigenvalue weighted by molar-refractivity contribution is 5.79. The second-order valence-electron chi connectivity index (χ2n) is 4.80. The van der Waals surface area contributed by atoms with Crippen molar-refractivity contribution in [1.82, 2.24) is 4.90 Å². The van der Waals surface area contributed by atoms with Gasteiger partial charge in [0, 0.05) is 13.1 Å². The normalized spacial score (nSPS) is 16.4. The van der Waals surface area contributed by atoms with Crippen LogP contribution in [0.15, 0.2) is 24.3 Å². The molecule has 0 aromatic heterocycles. The van der Waals surface area contributed by atoms with E-state index in [4.69, 9.17) is 5.11 Å². The summed E-state index contributed by atoms with van der Waals surface area (Å²) in [5, 5.41) is 8.88. The molecule has 0 saturated carbocycles. The summed E-state index contributed by atoms with van der Waals surface area (Å²) in [6.07, 6.45) is 1.14. The lowest BCUT2D eigenvalue weighted by molar-refractivity contribution is -0.145. The fourth-order valence-corrected chi connectivity index (χ4v) is 2.31. The zero-order valence-corrected chi connectivity index (χ0v) is 10.5. The largest absolute Gasteiger partial charge is 0.481 e. The van der Waals surface area contributed by atoms with Crippen LogP contribution in [-0.2, 0) is 16.0 Å². The number of carbonyl (C=O) groups is 2. The van der Waals surface area contributed by atoms with Gasteiger partial charge >= 0.3 is 5.97 Å². The molecule has 19 heavy (non-hydrogen) atoms. The first-order valence-electron chi connectivity index (χ1n) is 6.31. The van der Waals surface area contributed by atoms with Crippen LogP contribution in [0.4, 0.5) is 4.39 Å². The number of carboxylic acid groups (broad SMARTS) is 1. The Labute approximate surface area is 110 Å². The number of carboxylic acids is 1. The van der Waals surface area contributed by atoms with Gasteiger partial charge in [0.25, 0.3) is 0 Å². The van der Waals surface area contributed by atoms with Gasteiger partial charge in [-0.2, -0.15) is 0 Å². The Morgan fingerprint density at radius 2 is 2.00 bits per heavy atom. The number of amides is 1. The lowest BCUT2D eigenvalue weighted by atomic mass is 9.96. The van der Waals surface area contributed by atoms with Crippen LogP contribution in [0.5, 0.6) is 0 Å². The molecule has 0 bridgehead atoms. The average Bonchev–Trinajstić information content (AvgIpc) is 2.39. The van der Waals surface area contributed by atoms with E-state index in [0.29, 0.717) is 31.5 Å². The highest BCUT2D eigenvalue weighted by Crippen LogP contribution is 2.18. The van der Waals surface area contributed by atoms with E-state index >= 15 is 0 Å². The average molecular weight is 265 g/mol. The molecule has 1 aromatic carbocycles. The Balaban J connectivity index is 1.90. The predicted molar refractivity (Wildman–Crippen MR) is 67.0 cm³/mol. The maximum atomic E-state index is 13.0. The first-order valence-corrected chi connectivity index (χ1v) is 6.31. The summed E-state index contributed by atoms with van der Waals surface area (Å²) in [5.41, 5.74) is 0.644. The number of piperidine rings is 1. The van der Waals surface area contributed by atoms with Crippen molar-refractivity contribution in [2.45, 2.75) is 19.3 Å². The topological polar surface area (TPSA) is 57.6 Å². The SMILES string of the molecule is O=C(O)C1CCN(C(=O)Cc2cccc(F)c2)CC1. The number of benzene rings is 1. The van der Waals surface area contributed by atoms with Crippen LogP contribution in [0.25, 0.3) is 0 Å². The summed E-state index contributed by atoms with van der Waals surface area (Å²) in [6.45, 7) is 0.927. The first kappa shape index (κ1) is 13.5. The van der Waals surface area contributed by atoms with Crippen molar-refractivity contribution in [3.8, 4) is 0 Å². The van der Waals surface area contributed by atoms with E-state index in [2.05, 4.69) is 0 Å². The molecule has 1 amide bonds. The minimum Gasteiger partial charge on any atom is -0.481 e.